The third kappa shape index (κ3) is 8.61. The van der Waals surface area contributed by atoms with Gasteiger partial charge in [0.25, 0.3) is 0 Å². The lowest BCUT2D eigenvalue weighted by Gasteiger charge is -2.17. The molecule has 1 fully saturated rings. The largest absolute Gasteiger partial charge is 0.380 e. The number of ether oxygens (including phenoxy) is 1. The summed E-state index contributed by atoms with van der Waals surface area (Å²) in [6.07, 6.45) is 2.53. The highest BCUT2D eigenvalue weighted by atomic mass is 16.5. The van der Waals surface area contributed by atoms with E-state index in [0.29, 0.717) is 0 Å². The van der Waals surface area contributed by atoms with Gasteiger partial charge in [-0.25, -0.2) is 0 Å². The van der Waals surface area contributed by atoms with Crippen molar-refractivity contribution in [2.75, 3.05) is 45.9 Å². The van der Waals surface area contributed by atoms with Crippen LogP contribution in [0.4, 0.5) is 0 Å². The maximum absolute atomic E-state index is 5.70. The molecule has 1 N–H and O–H groups in total. The van der Waals surface area contributed by atoms with Crippen LogP contribution in [0, 0.1) is 17.8 Å². The molecule has 114 valence electrons. The molecule has 0 aliphatic carbocycles. The molecule has 0 saturated carbocycles. The minimum atomic E-state index is 0.753. The Morgan fingerprint density at radius 1 is 1.16 bits per heavy atom. The van der Waals surface area contributed by atoms with E-state index in [9.17, 15) is 0 Å². The van der Waals surface area contributed by atoms with Gasteiger partial charge in [-0.3, -0.25) is 0 Å². The summed E-state index contributed by atoms with van der Waals surface area (Å²) < 4.78 is 5.70. The minimum Gasteiger partial charge on any atom is -0.380 e. The third-order valence-electron chi connectivity index (χ3n) is 3.75. The molecule has 1 rings (SSSR count). The lowest BCUT2D eigenvalue weighted by Crippen LogP contribution is -2.30. The van der Waals surface area contributed by atoms with E-state index in [4.69, 9.17) is 4.74 Å². The molecule has 0 amide bonds. The van der Waals surface area contributed by atoms with E-state index in [-0.39, 0.29) is 0 Å². The van der Waals surface area contributed by atoms with Gasteiger partial charge in [-0.15, -0.1) is 0 Å². The zero-order chi connectivity index (χ0) is 14.1. The molecule has 0 spiro atoms. The molecular formula is C16H34N2O. The highest BCUT2D eigenvalue weighted by molar-refractivity contribution is 4.77. The van der Waals surface area contributed by atoms with Crippen molar-refractivity contribution < 1.29 is 4.74 Å². The average molecular weight is 270 g/mol. The number of hydrogen-bond acceptors (Lipinski definition) is 3. The summed E-state index contributed by atoms with van der Waals surface area (Å²) in [6.45, 7) is 16.8. The molecule has 1 atom stereocenters. The average Bonchev–Trinajstić information content (AvgIpc) is 2.76. The summed E-state index contributed by atoms with van der Waals surface area (Å²) in [5.74, 6) is 2.35. The topological polar surface area (TPSA) is 24.5 Å². The molecule has 1 aliphatic rings. The van der Waals surface area contributed by atoms with E-state index in [1.165, 1.54) is 32.5 Å². The standard InChI is InChI=1S/C16H34N2O/c1-14(2)6-9-19-10-8-18-7-5-16(13-18)12-17-11-15(3)4/h14-17H,5-13H2,1-4H3. The molecule has 0 aromatic rings. The van der Waals surface area contributed by atoms with Gasteiger partial charge in [-0.1, -0.05) is 27.7 Å². The molecule has 0 aromatic carbocycles. The molecule has 0 aromatic heterocycles. The van der Waals surface area contributed by atoms with Crippen LogP contribution < -0.4 is 5.32 Å². The van der Waals surface area contributed by atoms with Crippen LogP contribution in [-0.2, 0) is 4.74 Å². The van der Waals surface area contributed by atoms with Gasteiger partial charge < -0.3 is 15.0 Å². The van der Waals surface area contributed by atoms with Crippen molar-refractivity contribution >= 4 is 0 Å². The molecule has 19 heavy (non-hydrogen) atoms. The van der Waals surface area contributed by atoms with E-state index in [1.54, 1.807) is 0 Å². The number of nitrogens with zero attached hydrogens (tertiary/aromatic N) is 1. The van der Waals surface area contributed by atoms with Crippen molar-refractivity contribution in [3.05, 3.63) is 0 Å². The first-order valence-corrected chi connectivity index (χ1v) is 8.08. The number of hydrogen-bond donors (Lipinski definition) is 1. The summed E-state index contributed by atoms with van der Waals surface area (Å²) >= 11 is 0. The second-order valence-electron chi connectivity index (χ2n) is 6.80. The Labute approximate surface area is 120 Å². The van der Waals surface area contributed by atoms with Crippen molar-refractivity contribution in [2.45, 2.75) is 40.5 Å². The fourth-order valence-corrected chi connectivity index (χ4v) is 2.47. The Morgan fingerprint density at radius 2 is 1.95 bits per heavy atom. The van der Waals surface area contributed by atoms with Gasteiger partial charge in [0.05, 0.1) is 6.61 Å². The van der Waals surface area contributed by atoms with Crippen LogP contribution in [0.3, 0.4) is 0 Å². The predicted molar refractivity (Wildman–Crippen MR) is 82.5 cm³/mol. The van der Waals surface area contributed by atoms with Gasteiger partial charge in [0.15, 0.2) is 0 Å². The molecule has 1 aliphatic heterocycles. The van der Waals surface area contributed by atoms with Crippen LogP contribution in [0.1, 0.15) is 40.5 Å². The molecule has 3 heteroatoms. The van der Waals surface area contributed by atoms with Crippen LogP contribution in [0.15, 0.2) is 0 Å². The number of rotatable bonds is 10. The first-order chi connectivity index (χ1) is 9.08. The Kier molecular flexibility index (Phi) is 8.67. The van der Waals surface area contributed by atoms with E-state index < -0.39 is 0 Å². The number of nitrogens with one attached hydrogen (secondary N) is 1. The van der Waals surface area contributed by atoms with Gasteiger partial charge in [0, 0.05) is 19.7 Å². The molecule has 1 saturated heterocycles. The highest BCUT2D eigenvalue weighted by Gasteiger charge is 2.21. The second-order valence-corrected chi connectivity index (χ2v) is 6.80. The summed E-state index contributed by atoms with van der Waals surface area (Å²) in [7, 11) is 0. The van der Waals surface area contributed by atoms with E-state index in [1.807, 2.05) is 0 Å². The van der Waals surface area contributed by atoms with Gasteiger partial charge >= 0.3 is 0 Å². The van der Waals surface area contributed by atoms with Crippen LogP contribution in [0.5, 0.6) is 0 Å². The predicted octanol–water partition coefficient (Wildman–Crippen LogP) is 2.62. The van der Waals surface area contributed by atoms with E-state index >= 15 is 0 Å². The zero-order valence-corrected chi connectivity index (χ0v) is 13.5. The van der Waals surface area contributed by atoms with Crippen LogP contribution in [0.2, 0.25) is 0 Å². The lowest BCUT2D eigenvalue weighted by molar-refractivity contribution is 0.102. The first-order valence-electron chi connectivity index (χ1n) is 8.08. The third-order valence-corrected chi connectivity index (χ3v) is 3.75. The van der Waals surface area contributed by atoms with E-state index in [2.05, 4.69) is 37.9 Å². The Hall–Kier alpha value is -0.120. The molecule has 1 unspecified atom stereocenters. The lowest BCUT2D eigenvalue weighted by atomic mass is 10.1. The molecule has 1 heterocycles. The molecule has 0 bridgehead atoms. The van der Waals surface area contributed by atoms with Crippen LogP contribution in [0.25, 0.3) is 0 Å². The maximum Gasteiger partial charge on any atom is 0.0593 e. The van der Waals surface area contributed by atoms with Gasteiger partial charge in [0.2, 0.25) is 0 Å². The monoisotopic (exact) mass is 270 g/mol. The fraction of sp³-hybridized carbons (Fsp3) is 1.00. The normalized spacial score (nSPS) is 20.8. The van der Waals surface area contributed by atoms with Crippen molar-refractivity contribution in [1.82, 2.24) is 10.2 Å². The second kappa shape index (κ2) is 9.73. The van der Waals surface area contributed by atoms with Crippen molar-refractivity contribution in [3.63, 3.8) is 0 Å². The van der Waals surface area contributed by atoms with E-state index in [0.717, 1.165) is 44.1 Å². The first kappa shape index (κ1) is 16.9. The smallest absolute Gasteiger partial charge is 0.0593 e. The SMILES string of the molecule is CC(C)CCOCCN1CCC(CNCC(C)C)C1. The molecular weight excluding hydrogens is 236 g/mol. The summed E-state index contributed by atoms with van der Waals surface area (Å²) in [5.41, 5.74) is 0. The molecule has 3 nitrogen and oxygen atoms in total. The van der Waals surface area contributed by atoms with Gasteiger partial charge in [-0.2, -0.15) is 0 Å². The van der Waals surface area contributed by atoms with Crippen molar-refractivity contribution in [3.8, 4) is 0 Å². The quantitative estimate of drug-likeness (QED) is 0.618. The van der Waals surface area contributed by atoms with Crippen molar-refractivity contribution in [2.24, 2.45) is 17.8 Å². The Morgan fingerprint density at radius 3 is 2.63 bits per heavy atom. The summed E-state index contributed by atoms with van der Waals surface area (Å²) in [5, 5.41) is 3.58. The highest BCUT2D eigenvalue weighted by Crippen LogP contribution is 2.14. The molecule has 0 radical (unpaired) electrons. The Bertz CT molecular complexity index is 219. The summed E-state index contributed by atoms with van der Waals surface area (Å²) in [6, 6.07) is 0. The Balaban J connectivity index is 1.96. The fourth-order valence-electron chi connectivity index (χ4n) is 2.47. The van der Waals surface area contributed by atoms with Gasteiger partial charge in [0.1, 0.15) is 0 Å². The number of likely N-dealkylation sites (tertiary alicyclic amines) is 1. The van der Waals surface area contributed by atoms with Gasteiger partial charge in [-0.05, 0) is 50.2 Å². The summed E-state index contributed by atoms with van der Waals surface area (Å²) in [4.78, 5) is 2.55. The zero-order valence-electron chi connectivity index (χ0n) is 13.5. The van der Waals surface area contributed by atoms with Crippen LogP contribution in [-0.4, -0.2) is 50.8 Å². The van der Waals surface area contributed by atoms with Crippen LogP contribution >= 0.6 is 0 Å². The minimum absolute atomic E-state index is 0.753. The van der Waals surface area contributed by atoms with Crippen molar-refractivity contribution in [1.29, 1.82) is 0 Å². The maximum atomic E-state index is 5.70.